The van der Waals surface area contributed by atoms with Crippen LogP contribution in [-0.2, 0) is 10.2 Å². The van der Waals surface area contributed by atoms with Crippen LogP contribution in [0, 0.1) is 0 Å². The Kier molecular flexibility index (Phi) is 5.62. The van der Waals surface area contributed by atoms with Gasteiger partial charge in [-0.3, -0.25) is 9.59 Å². The van der Waals surface area contributed by atoms with Gasteiger partial charge in [0.2, 0.25) is 0 Å². The summed E-state index contributed by atoms with van der Waals surface area (Å²) in [7, 11) is 1.68. The van der Waals surface area contributed by atoms with Crippen molar-refractivity contribution < 1.29 is 14.3 Å². The number of carbonyl (C=O) groups is 2. The molecule has 132 valence electrons. The predicted molar refractivity (Wildman–Crippen MR) is 100 cm³/mol. The third kappa shape index (κ3) is 4.47. The van der Waals surface area contributed by atoms with Gasteiger partial charge in [0.1, 0.15) is 0 Å². The van der Waals surface area contributed by atoms with E-state index < -0.39 is 0 Å². The average Bonchev–Trinajstić information content (AvgIpc) is 2.60. The van der Waals surface area contributed by atoms with E-state index in [4.69, 9.17) is 4.74 Å². The summed E-state index contributed by atoms with van der Waals surface area (Å²) in [5.41, 5.74) is 2.36. The van der Waals surface area contributed by atoms with E-state index >= 15 is 0 Å². The molecular formula is C21H25NO3. The van der Waals surface area contributed by atoms with Gasteiger partial charge in [0.25, 0.3) is 5.91 Å². The van der Waals surface area contributed by atoms with Crippen LogP contribution in [-0.4, -0.2) is 18.9 Å². The minimum Gasteiger partial charge on any atom is -0.424 e. The van der Waals surface area contributed by atoms with Gasteiger partial charge in [-0.15, -0.1) is 0 Å². The topological polar surface area (TPSA) is 46.6 Å². The number of ether oxygens (including phenoxy) is 1. The summed E-state index contributed by atoms with van der Waals surface area (Å²) in [5, 5.41) is 0. The van der Waals surface area contributed by atoms with Crippen LogP contribution >= 0.6 is 0 Å². The Bertz CT molecular complexity index is 757. The standard InChI is InChI=1S/C21H25NO3/c1-6-19(23)25-18-10-8-7-9-17(18)22(5)20(24)15-11-13-16(14-12-15)21(2,3)4/h7-14H,6H2,1-5H3. The molecule has 2 aromatic carbocycles. The van der Waals surface area contributed by atoms with Gasteiger partial charge >= 0.3 is 5.97 Å². The second-order valence-electron chi connectivity index (χ2n) is 6.99. The van der Waals surface area contributed by atoms with Gasteiger partial charge < -0.3 is 9.64 Å². The van der Waals surface area contributed by atoms with Crippen LogP contribution in [0.15, 0.2) is 48.5 Å². The maximum atomic E-state index is 12.8. The number of esters is 1. The molecule has 0 atom stereocenters. The number of para-hydroxylation sites is 2. The van der Waals surface area contributed by atoms with Crippen molar-refractivity contribution in [2.75, 3.05) is 11.9 Å². The van der Waals surface area contributed by atoms with Gasteiger partial charge in [-0.1, -0.05) is 52.0 Å². The fraction of sp³-hybridized carbons (Fsp3) is 0.333. The summed E-state index contributed by atoms with van der Waals surface area (Å²) < 4.78 is 5.33. The first-order valence-electron chi connectivity index (χ1n) is 8.42. The number of carbonyl (C=O) groups excluding carboxylic acids is 2. The first-order chi connectivity index (χ1) is 11.7. The number of nitrogens with zero attached hydrogens (tertiary/aromatic N) is 1. The summed E-state index contributed by atoms with van der Waals surface area (Å²) in [6.45, 7) is 8.13. The van der Waals surface area contributed by atoms with Crippen LogP contribution in [0.5, 0.6) is 5.75 Å². The van der Waals surface area contributed by atoms with Gasteiger partial charge in [-0.05, 0) is 35.2 Å². The van der Waals surface area contributed by atoms with Crippen molar-refractivity contribution in [3.8, 4) is 5.75 Å². The number of rotatable bonds is 4. The lowest BCUT2D eigenvalue weighted by Crippen LogP contribution is -2.27. The monoisotopic (exact) mass is 339 g/mol. The second-order valence-corrected chi connectivity index (χ2v) is 6.99. The third-order valence-corrected chi connectivity index (χ3v) is 4.04. The van der Waals surface area contributed by atoms with Crippen molar-refractivity contribution >= 4 is 17.6 Å². The van der Waals surface area contributed by atoms with Gasteiger partial charge in [0.05, 0.1) is 5.69 Å². The quantitative estimate of drug-likeness (QED) is 0.605. The fourth-order valence-corrected chi connectivity index (χ4v) is 2.43. The van der Waals surface area contributed by atoms with Crippen molar-refractivity contribution in [3.05, 3.63) is 59.7 Å². The molecule has 4 nitrogen and oxygen atoms in total. The maximum absolute atomic E-state index is 12.8. The molecule has 2 rings (SSSR count). The first kappa shape index (κ1) is 18.7. The number of benzene rings is 2. The lowest BCUT2D eigenvalue weighted by Gasteiger charge is -2.22. The molecule has 0 bridgehead atoms. The van der Waals surface area contributed by atoms with Gasteiger partial charge in [0.15, 0.2) is 5.75 Å². The van der Waals surface area contributed by atoms with E-state index in [2.05, 4.69) is 20.8 Å². The lowest BCUT2D eigenvalue weighted by atomic mass is 9.86. The van der Waals surface area contributed by atoms with Crippen LogP contribution in [0.1, 0.15) is 50.0 Å². The average molecular weight is 339 g/mol. The third-order valence-electron chi connectivity index (χ3n) is 4.04. The molecule has 4 heteroatoms. The Hall–Kier alpha value is -2.62. The molecule has 0 spiro atoms. The van der Waals surface area contributed by atoms with Crippen LogP contribution < -0.4 is 9.64 Å². The predicted octanol–water partition coefficient (Wildman–Crippen LogP) is 4.58. The molecule has 0 aliphatic carbocycles. The Labute approximate surface area is 149 Å². The highest BCUT2D eigenvalue weighted by Gasteiger charge is 2.19. The minimum absolute atomic E-state index is 0.0361. The van der Waals surface area contributed by atoms with Gasteiger partial charge in [-0.2, -0.15) is 0 Å². The molecule has 0 unspecified atom stereocenters. The minimum atomic E-state index is -0.331. The van der Waals surface area contributed by atoms with Crippen LogP contribution in [0.2, 0.25) is 0 Å². The fourth-order valence-electron chi connectivity index (χ4n) is 2.43. The van der Waals surface area contributed by atoms with Crippen molar-refractivity contribution in [2.45, 2.75) is 39.5 Å². The second kappa shape index (κ2) is 7.51. The van der Waals surface area contributed by atoms with E-state index in [0.717, 1.165) is 0 Å². The highest BCUT2D eigenvalue weighted by atomic mass is 16.5. The summed E-state index contributed by atoms with van der Waals surface area (Å²) in [6, 6.07) is 14.7. The summed E-state index contributed by atoms with van der Waals surface area (Å²) in [4.78, 5) is 25.9. The molecule has 0 aromatic heterocycles. The molecule has 0 radical (unpaired) electrons. The molecule has 25 heavy (non-hydrogen) atoms. The SMILES string of the molecule is CCC(=O)Oc1ccccc1N(C)C(=O)c1ccc(C(C)(C)C)cc1. The van der Waals surface area contributed by atoms with Crippen molar-refractivity contribution in [3.63, 3.8) is 0 Å². The van der Waals surface area contributed by atoms with Gasteiger partial charge in [-0.25, -0.2) is 0 Å². The first-order valence-corrected chi connectivity index (χ1v) is 8.42. The molecule has 2 aromatic rings. The normalized spacial score (nSPS) is 11.1. The molecule has 0 saturated carbocycles. The lowest BCUT2D eigenvalue weighted by molar-refractivity contribution is -0.133. The molecule has 0 aliphatic rings. The number of amides is 1. The van der Waals surface area contributed by atoms with Crippen molar-refractivity contribution in [1.82, 2.24) is 0 Å². The molecule has 0 N–H and O–H groups in total. The highest BCUT2D eigenvalue weighted by molar-refractivity contribution is 6.06. The van der Waals surface area contributed by atoms with E-state index in [9.17, 15) is 9.59 Å². The Morgan fingerprint density at radius 3 is 2.16 bits per heavy atom. The van der Waals surface area contributed by atoms with Crippen molar-refractivity contribution in [2.24, 2.45) is 0 Å². The molecule has 1 amide bonds. The molecule has 0 heterocycles. The molecular weight excluding hydrogens is 314 g/mol. The zero-order valence-electron chi connectivity index (χ0n) is 15.5. The van der Waals surface area contributed by atoms with Crippen LogP contribution in [0.25, 0.3) is 0 Å². The van der Waals surface area contributed by atoms with E-state index in [-0.39, 0.29) is 23.7 Å². The largest absolute Gasteiger partial charge is 0.424 e. The van der Waals surface area contributed by atoms with Gasteiger partial charge in [0, 0.05) is 19.0 Å². The maximum Gasteiger partial charge on any atom is 0.310 e. The Balaban J connectivity index is 2.27. The Morgan fingerprint density at radius 1 is 1.00 bits per heavy atom. The smallest absolute Gasteiger partial charge is 0.310 e. The molecule has 0 fully saturated rings. The van der Waals surface area contributed by atoms with E-state index in [0.29, 0.717) is 17.0 Å². The summed E-state index contributed by atoms with van der Waals surface area (Å²) in [5.74, 6) is -0.0974. The van der Waals surface area contributed by atoms with Crippen molar-refractivity contribution in [1.29, 1.82) is 0 Å². The summed E-state index contributed by atoms with van der Waals surface area (Å²) >= 11 is 0. The molecule has 0 aliphatic heterocycles. The van der Waals surface area contributed by atoms with Crippen LogP contribution in [0.4, 0.5) is 5.69 Å². The van der Waals surface area contributed by atoms with E-state index in [1.807, 2.05) is 30.3 Å². The number of hydrogen-bond acceptors (Lipinski definition) is 3. The highest BCUT2D eigenvalue weighted by Crippen LogP contribution is 2.29. The summed E-state index contributed by atoms with van der Waals surface area (Å²) in [6.07, 6.45) is 0.278. The zero-order valence-corrected chi connectivity index (χ0v) is 15.5. The zero-order chi connectivity index (χ0) is 18.6. The Morgan fingerprint density at radius 2 is 1.60 bits per heavy atom. The van der Waals surface area contributed by atoms with E-state index in [1.165, 1.54) is 10.5 Å². The van der Waals surface area contributed by atoms with E-state index in [1.54, 1.807) is 32.2 Å². The number of hydrogen-bond donors (Lipinski definition) is 0. The number of anilines is 1. The molecule has 0 saturated heterocycles. The van der Waals surface area contributed by atoms with Crippen LogP contribution in [0.3, 0.4) is 0 Å².